The summed E-state index contributed by atoms with van der Waals surface area (Å²) in [6.07, 6.45) is 3.76. The van der Waals surface area contributed by atoms with Crippen LogP contribution in [-0.4, -0.2) is 20.6 Å². The second-order valence-electron chi connectivity index (χ2n) is 4.83. The van der Waals surface area contributed by atoms with Crippen LogP contribution >= 0.6 is 11.3 Å². The maximum atomic E-state index is 12.3. The van der Waals surface area contributed by atoms with Gasteiger partial charge in [-0.05, 0) is 37.3 Å². The summed E-state index contributed by atoms with van der Waals surface area (Å²) in [5.74, 6) is -0.361. The standard InChI is InChI=1S/C16H15N3O2S/c1-11-18-12(10-22-11)9-17-16(21)14-8-13(4-5-15(14)20)19-6-2-3-7-19/h2-8,10,20H,9H2,1H3,(H,17,21). The molecule has 0 aliphatic carbocycles. The number of hydrogen-bond donors (Lipinski definition) is 2. The molecule has 0 saturated heterocycles. The molecule has 1 amide bonds. The van der Waals surface area contributed by atoms with Gasteiger partial charge in [-0.3, -0.25) is 4.79 Å². The number of thiazole rings is 1. The van der Waals surface area contributed by atoms with Gasteiger partial charge in [0.25, 0.3) is 5.91 Å². The normalized spacial score (nSPS) is 10.6. The van der Waals surface area contributed by atoms with Crippen LogP contribution in [0.2, 0.25) is 0 Å². The Kier molecular flexibility index (Phi) is 3.93. The Balaban J connectivity index is 1.78. The Bertz CT molecular complexity index is 794. The fourth-order valence-corrected chi connectivity index (χ4v) is 2.74. The minimum absolute atomic E-state index is 0.0390. The fourth-order valence-electron chi connectivity index (χ4n) is 2.13. The first-order valence-corrected chi connectivity index (χ1v) is 7.67. The van der Waals surface area contributed by atoms with Gasteiger partial charge in [0, 0.05) is 23.5 Å². The van der Waals surface area contributed by atoms with Crippen LogP contribution < -0.4 is 5.32 Å². The molecule has 0 atom stereocenters. The zero-order chi connectivity index (χ0) is 15.5. The van der Waals surface area contributed by atoms with Crippen molar-refractivity contribution in [3.8, 4) is 11.4 Å². The van der Waals surface area contributed by atoms with Gasteiger partial charge >= 0.3 is 0 Å². The molecule has 2 heterocycles. The quantitative estimate of drug-likeness (QED) is 0.778. The maximum absolute atomic E-state index is 12.3. The Morgan fingerprint density at radius 3 is 2.82 bits per heavy atom. The van der Waals surface area contributed by atoms with Crippen molar-refractivity contribution >= 4 is 17.2 Å². The third-order valence-electron chi connectivity index (χ3n) is 3.22. The second kappa shape index (κ2) is 6.03. The lowest BCUT2D eigenvalue weighted by atomic mass is 10.1. The molecule has 3 rings (SSSR count). The van der Waals surface area contributed by atoms with E-state index in [0.717, 1.165) is 16.4 Å². The number of benzene rings is 1. The van der Waals surface area contributed by atoms with Crippen molar-refractivity contribution in [1.29, 1.82) is 0 Å². The summed E-state index contributed by atoms with van der Waals surface area (Å²) in [6.45, 7) is 2.26. The van der Waals surface area contributed by atoms with E-state index >= 15 is 0 Å². The fraction of sp³-hybridized carbons (Fsp3) is 0.125. The van der Waals surface area contributed by atoms with E-state index in [2.05, 4.69) is 10.3 Å². The summed E-state index contributed by atoms with van der Waals surface area (Å²) < 4.78 is 1.88. The summed E-state index contributed by atoms with van der Waals surface area (Å²) in [7, 11) is 0. The summed E-state index contributed by atoms with van der Waals surface area (Å²) in [4.78, 5) is 16.6. The van der Waals surface area contributed by atoms with Crippen LogP contribution in [0, 0.1) is 6.92 Å². The van der Waals surface area contributed by atoms with Crippen molar-refractivity contribution in [2.24, 2.45) is 0 Å². The summed E-state index contributed by atoms with van der Waals surface area (Å²) in [6, 6.07) is 8.75. The van der Waals surface area contributed by atoms with E-state index in [1.54, 1.807) is 23.5 Å². The van der Waals surface area contributed by atoms with E-state index < -0.39 is 0 Å². The number of aromatic nitrogens is 2. The van der Waals surface area contributed by atoms with Gasteiger partial charge in [-0.2, -0.15) is 0 Å². The number of aryl methyl sites for hydroxylation is 1. The molecule has 0 aliphatic heterocycles. The van der Waals surface area contributed by atoms with Gasteiger partial charge < -0.3 is 15.0 Å². The largest absolute Gasteiger partial charge is 0.507 e. The number of carbonyl (C=O) groups is 1. The van der Waals surface area contributed by atoms with Crippen LogP contribution in [0.3, 0.4) is 0 Å². The molecule has 0 aliphatic rings. The van der Waals surface area contributed by atoms with Crippen LogP contribution in [0.15, 0.2) is 48.1 Å². The molecular formula is C16H15N3O2S. The van der Waals surface area contributed by atoms with E-state index in [-0.39, 0.29) is 17.2 Å². The lowest BCUT2D eigenvalue weighted by Gasteiger charge is -2.09. The van der Waals surface area contributed by atoms with E-state index in [0.29, 0.717) is 6.54 Å². The van der Waals surface area contributed by atoms with E-state index in [4.69, 9.17) is 0 Å². The Morgan fingerprint density at radius 2 is 2.14 bits per heavy atom. The third-order valence-corrected chi connectivity index (χ3v) is 4.05. The summed E-state index contributed by atoms with van der Waals surface area (Å²) in [5.41, 5.74) is 1.88. The van der Waals surface area contributed by atoms with Crippen molar-refractivity contribution < 1.29 is 9.90 Å². The molecule has 0 bridgehead atoms. The number of amides is 1. The van der Waals surface area contributed by atoms with Crippen molar-refractivity contribution in [3.05, 3.63) is 64.4 Å². The second-order valence-corrected chi connectivity index (χ2v) is 5.89. The molecule has 2 aromatic heterocycles. The lowest BCUT2D eigenvalue weighted by molar-refractivity contribution is 0.0948. The topological polar surface area (TPSA) is 67.2 Å². The van der Waals surface area contributed by atoms with Crippen LogP contribution in [0.4, 0.5) is 0 Å². The Hall–Kier alpha value is -2.60. The molecule has 0 fully saturated rings. The smallest absolute Gasteiger partial charge is 0.255 e. The zero-order valence-corrected chi connectivity index (χ0v) is 12.8. The van der Waals surface area contributed by atoms with E-state index in [1.165, 1.54) is 6.07 Å². The SMILES string of the molecule is Cc1nc(CNC(=O)c2cc(-n3cccc3)ccc2O)cs1. The molecule has 3 aromatic rings. The number of phenolic OH excluding ortho intramolecular Hbond substituents is 1. The summed E-state index contributed by atoms with van der Waals surface area (Å²) in [5, 5.41) is 15.6. The molecule has 1 aromatic carbocycles. The minimum Gasteiger partial charge on any atom is -0.507 e. The highest BCUT2D eigenvalue weighted by Gasteiger charge is 2.13. The highest BCUT2D eigenvalue weighted by atomic mass is 32.1. The molecule has 0 radical (unpaired) electrons. The zero-order valence-electron chi connectivity index (χ0n) is 12.0. The first kappa shape index (κ1) is 14.3. The predicted octanol–water partition coefficient (Wildman–Crippen LogP) is 2.88. The van der Waals surface area contributed by atoms with Crippen molar-refractivity contribution in [2.75, 3.05) is 0 Å². The number of carbonyl (C=O) groups excluding carboxylic acids is 1. The molecule has 0 spiro atoms. The van der Waals surface area contributed by atoms with Gasteiger partial charge in [-0.15, -0.1) is 11.3 Å². The molecule has 112 valence electrons. The molecule has 22 heavy (non-hydrogen) atoms. The van der Waals surface area contributed by atoms with Crippen molar-refractivity contribution in [3.63, 3.8) is 0 Å². The molecule has 0 saturated carbocycles. The predicted molar refractivity (Wildman–Crippen MR) is 85.5 cm³/mol. The maximum Gasteiger partial charge on any atom is 0.255 e. The number of aromatic hydroxyl groups is 1. The number of nitrogens with zero attached hydrogens (tertiary/aromatic N) is 2. The number of rotatable bonds is 4. The first-order valence-electron chi connectivity index (χ1n) is 6.79. The van der Waals surface area contributed by atoms with Crippen LogP contribution in [0.5, 0.6) is 5.75 Å². The number of hydrogen-bond acceptors (Lipinski definition) is 4. The molecule has 6 heteroatoms. The minimum atomic E-state index is -0.322. The van der Waals surface area contributed by atoms with Gasteiger partial charge in [0.15, 0.2) is 0 Å². The highest BCUT2D eigenvalue weighted by molar-refractivity contribution is 7.09. The van der Waals surface area contributed by atoms with Crippen LogP contribution in [0.1, 0.15) is 21.1 Å². The molecule has 5 nitrogen and oxygen atoms in total. The third kappa shape index (κ3) is 3.01. The summed E-state index contributed by atoms with van der Waals surface area (Å²) >= 11 is 1.54. The van der Waals surface area contributed by atoms with Crippen LogP contribution in [0.25, 0.3) is 5.69 Å². The van der Waals surface area contributed by atoms with Gasteiger partial charge in [-0.1, -0.05) is 0 Å². The number of nitrogens with one attached hydrogen (secondary N) is 1. The lowest BCUT2D eigenvalue weighted by Crippen LogP contribution is -2.23. The number of phenols is 1. The van der Waals surface area contributed by atoms with E-state index in [9.17, 15) is 9.90 Å². The highest BCUT2D eigenvalue weighted by Crippen LogP contribution is 2.21. The first-order chi connectivity index (χ1) is 10.6. The average molecular weight is 313 g/mol. The van der Waals surface area contributed by atoms with Crippen molar-refractivity contribution in [1.82, 2.24) is 14.9 Å². The Labute approximate surface area is 131 Å². The average Bonchev–Trinajstić information content (AvgIpc) is 3.17. The van der Waals surface area contributed by atoms with E-state index in [1.807, 2.05) is 41.4 Å². The van der Waals surface area contributed by atoms with Gasteiger partial charge in [0.1, 0.15) is 5.75 Å². The van der Waals surface area contributed by atoms with Crippen molar-refractivity contribution in [2.45, 2.75) is 13.5 Å². The Morgan fingerprint density at radius 1 is 1.36 bits per heavy atom. The van der Waals surface area contributed by atoms with Gasteiger partial charge in [0.2, 0.25) is 0 Å². The monoisotopic (exact) mass is 313 g/mol. The van der Waals surface area contributed by atoms with Crippen LogP contribution in [-0.2, 0) is 6.54 Å². The molecular weight excluding hydrogens is 298 g/mol. The van der Waals surface area contributed by atoms with Gasteiger partial charge in [-0.25, -0.2) is 4.98 Å². The molecule has 0 unspecified atom stereocenters. The van der Waals surface area contributed by atoms with Gasteiger partial charge in [0.05, 0.1) is 22.8 Å². The molecule has 2 N–H and O–H groups in total.